The van der Waals surface area contributed by atoms with Crippen LogP contribution in [0, 0.1) is 6.92 Å². The molecule has 1 heteroatoms. The molecule has 1 rings (SSSR count). The summed E-state index contributed by atoms with van der Waals surface area (Å²) in [6, 6.07) is 8.23. The molecule has 1 aromatic carbocycles. The van der Waals surface area contributed by atoms with Gasteiger partial charge < -0.3 is 4.79 Å². The van der Waals surface area contributed by atoms with Crippen molar-refractivity contribution in [3.05, 3.63) is 42.0 Å². The van der Waals surface area contributed by atoms with Gasteiger partial charge in [0.15, 0.2) is 0 Å². The zero-order valence-corrected chi connectivity index (χ0v) is 8.84. The molecule has 0 spiro atoms. The van der Waals surface area contributed by atoms with Crippen molar-refractivity contribution in [3.63, 3.8) is 0 Å². The fraction of sp³-hybridized carbons (Fsp3) is 0.308. The average Bonchev–Trinajstić information content (AvgIpc) is 2.15. The topological polar surface area (TPSA) is 17.1 Å². The predicted molar refractivity (Wildman–Crippen MR) is 60.1 cm³/mol. The molecule has 0 heterocycles. The fourth-order valence-corrected chi connectivity index (χ4v) is 1.26. The molecule has 0 saturated carbocycles. The maximum Gasteiger partial charge on any atom is 0.130 e. The van der Waals surface area contributed by atoms with Gasteiger partial charge in [-0.05, 0) is 31.4 Å². The Kier molecular flexibility index (Phi) is 3.63. The Morgan fingerprint density at radius 2 is 1.79 bits per heavy atom. The van der Waals surface area contributed by atoms with Crippen molar-refractivity contribution < 1.29 is 4.79 Å². The van der Waals surface area contributed by atoms with Gasteiger partial charge in [0.1, 0.15) is 5.78 Å². The van der Waals surface area contributed by atoms with E-state index in [0.29, 0.717) is 6.42 Å². The van der Waals surface area contributed by atoms with Crippen molar-refractivity contribution in [1.82, 2.24) is 0 Å². The molecule has 0 saturated heterocycles. The molecule has 1 aromatic rings. The molecule has 0 radical (unpaired) electrons. The summed E-state index contributed by atoms with van der Waals surface area (Å²) in [6.07, 6.45) is 1.35. The minimum atomic E-state index is 0.221. The number of carbonyl (C=O) groups excluding carboxylic acids is 1. The Hall–Kier alpha value is -1.37. The maximum absolute atomic E-state index is 10.8. The van der Waals surface area contributed by atoms with Gasteiger partial charge in [0.25, 0.3) is 0 Å². The van der Waals surface area contributed by atoms with Crippen molar-refractivity contribution in [2.75, 3.05) is 0 Å². The number of allylic oxidation sites excluding steroid dienone is 1. The third-order valence-electron chi connectivity index (χ3n) is 2.24. The summed E-state index contributed by atoms with van der Waals surface area (Å²) < 4.78 is 0. The number of hydrogen-bond acceptors (Lipinski definition) is 1. The van der Waals surface area contributed by atoms with Crippen LogP contribution in [0.3, 0.4) is 0 Å². The molecular formula is C13H16O. The molecule has 0 aliphatic heterocycles. The van der Waals surface area contributed by atoms with Gasteiger partial charge in [0.2, 0.25) is 0 Å². The summed E-state index contributed by atoms with van der Waals surface area (Å²) in [6.45, 7) is 7.65. The third kappa shape index (κ3) is 3.17. The van der Waals surface area contributed by atoms with Crippen LogP contribution in [0.2, 0.25) is 0 Å². The molecule has 0 atom stereocenters. The fourth-order valence-electron chi connectivity index (χ4n) is 1.26. The summed E-state index contributed by atoms with van der Waals surface area (Å²) in [4.78, 5) is 10.8. The van der Waals surface area contributed by atoms with E-state index in [1.807, 2.05) is 0 Å². The van der Waals surface area contributed by atoms with Crippen LogP contribution in [0.15, 0.2) is 30.8 Å². The van der Waals surface area contributed by atoms with Crippen LogP contribution in [0.4, 0.5) is 0 Å². The zero-order chi connectivity index (χ0) is 10.6. The Morgan fingerprint density at radius 3 is 2.29 bits per heavy atom. The van der Waals surface area contributed by atoms with Crippen molar-refractivity contribution in [2.45, 2.75) is 26.7 Å². The van der Waals surface area contributed by atoms with Gasteiger partial charge in [-0.3, -0.25) is 0 Å². The lowest BCUT2D eigenvalue weighted by Crippen LogP contribution is -1.91. The largest absolute Gasteiger partial charge is 0.300 e. The first-order valence-corrected chi connectivity index (χ1v) is 4.84. The Balaban J connectivity index is 2.61. The van der Waals surface area contributed by atoms with Gasteiger partial charge in [-0.15, -0.1) is 0 Å². The van der Waals surface area contributed by atoms with E-state index in [1.54, 1.807) is 6.92 Å². The minimum absolute atomic E-state index is 0.221. The van der Waals surface area contributed by atoms with Gasteiger partial charge >= 0.3 is 0 Å². The SMILES string of the molecule is C=C(CCC(C)=O)c1ccc(C)cc1. The summed E-state index contributed by atoms with van der Waals surface area (Å²) in [7, 11) is 0. The molecule has 0 aliphatic carbocycles. The van der Waals surface area contributed by atoms with Crippen LogP contribution >= 0.6 is 0 Å². The number of benzene rings is 1. The Labute approximate surface area is 85.5 Å². The summed E-state index contributed by atoms with van der Waals surface area (Å²) in [5.41, 5.74) is 3.42. The van der Waals surface area contributed by atoms with E-state index in [1.165, 1.54) is 5.56 Å². The number of aryl methyl sites for hydroxylation is 1. The van der Waals surface area contributed by atoms with E-state index in [-0.39, 0.29) is 5.78 Å². The maximum atomic E-state index is 10.8. The Morgan fingerprint density at radius 1 is 1.21 bits per heavy atom. The van der Waals surface area contributed by atoms with Gasteiger partial charge in [0, 0.05) is 6.42 Å². The average molecular weight is 188 g/mol. The first-order chi connectivity index (χ1) is 6.59. The van der Waals surface area contributed by atoms with Gasteiger partial charge in [-0.2, -0.15) is 0 Å². The summed E-state index contributed by atoms with van der Waals surface area (Å²) >= 11 is 0. The molecule has 74 valence electrons. The molecule has 0 unspecified atom stereocenters. The number of ketones is 1. The number of hydrogen-bond donors (Lipinski definition) is 0. The number of rotatable bonds is 4. The van der Waals surface area contributed by atoms with Gasteiger partial charge in [-0.1, -0.05) is 36.4 Å². The lowest BCUT2D eigenvalue weighted by Gasteiger charge is -2.04. The van der Waals surface area contributed by atoms with E-state index in [2.05, 4.69) is 37.8 Å². The highest BCUT2D eigenvalue weighted by Crippen LogP contribution is 2.18. The highest BCUT2D eigenvalue weighted by atomic mass is 16.1. The first-order valence-electron chi connectivity index (χ1n) is 4.84. The van der Waals surface area contributed by atoms with E-state index in [0.717, 1.165) is 17.6 Å². The normalized spacial score (nSPS) is 9.86. The quantitative estimate of drug-likeness (QED) is 0.708. The highest BCUT2D eigenvalue weighted by molar-refractivity contribution is 5.78. The lowest BCUT2D eigenvalue weighted by atomic mass is 10.0. The van der Waals surface area contributed by atoms with Crippen molar-refractivity contribution >= 4 is 11.4 Å². The summed E-state index contributed by atoms with van der Waals surface area (Å²) in [5, 5.41) is 0. The molecule has 0 fully saturated rings. The molecule has 0 aromatic heterocycles. The van der Waals surface area contributed by atoms with Crippen LogP contribution in [0.1, 0.15) is 30.9 Å². The van der Waals surface area contributed by atoms with Crippen LogP contribution in [-0.2, 0) is 4.79 Å². The van der Waals surface area contributed by atoms with Crippen molar-refractivity contribution in [3.8, 4) is 0 Å². The second kappa shape index (κ2) is 4.75. The smallest absolute Gasteiger partial charge is 0.130 e. The first kappa shape index (κ1) is 10.7. The molecule has 0 N–H and O–H groups in total. The van der Waals surface area contributed by atoms with Crippen LogP contribution in [-0.4, -0.2) is 5.78 Å². The van der Waals surface area contributed by atoms with E-state index >= 15 is 0 Å². The molecular weight excluding hydrogens is 172 g/mol. The van der Waals surface area contributed by atoms with E-state index in [9.17, 15) is 4.79 Å². The molecule has 14 heavy (non-hydrogen) atoms. The number of Topliss-reactive ketones (excluding diaryl/α,β-unsaturated/α-hetero) is 1. The minimum Gasteiger partial charge on any atom is -0.300 e. The van der Waals surface area contributed by atoms with Crippen molar-refractivity contribution in [2.24, 2.45) is 0 Å². The van der Waals surface area contributed by atoms with Crippen LogP contribution in [0.5, 0.6) is 0 Å². The zero-order valence-electron chi connectivity index (χ0n) is 8.84. The predicted octanol–water partition coefficient (Wildman–Crippen LogP) is 3.38. The molecule has 0 amide bonds. The van der Waals surface area contributed by atoms with Crippen LogP contribution < -0.4 is 0 Å². The molecule has 0 bridgehead atoms. The monoisotopic (exact) mass is 188 g/mol. The highest BCUT2D eigenvalue weighted by Gasteiger charge is 2.00. The standard InChI is InChI=1S/C13H16O/c1-10-4-8-13(9-5-10)11(2)6-7-12(3)14/h4-5,8-9H,2,6-7H2,1,3H3. The van der Waals surface area contributed by atoms with Crippen LogP contribution in [0.25, 0.3) is 5.57 Å². The molecule has 1 nitrogen and oxygen atoms in total. The van der Waals surface area contributed by atoms with Crippen molar-refractivity contribution in [1.29, 1.82) is 0 Å². The second-order valence-electron chi connectivity index (χ2n) is 3.67. The third-order valence-corrected chi connectivity index (χ3v) is 2.24. The molecule has 0 aliphatic rings. The second-order valence-corrected chi connectivity index (χ2v) is 3.67. The lowest BCUT2D eigenvalue weighted by molar-refractivity contribution is -0.116. The van der Waals surface area contributed by atoms with Gasteiger partial charge in [0.05, 0.1) is 0 Å². The van der Waals surface area contributed by atoms with E-state index < -0.39 is 0 Å². The Bertz CT molecular complexity index is 333. The number of carbonyl (C=O) groups is 1. The van der Waals surface area contributed by atoms with Gasteiger partial charge in [-0.25, -0.2) is 0 Å². The van der Waals surface area contributed by atoms with E-state index in [4.69, 9.17) is 0 Å². The summed E-state index contributed by atoms with van der Waals surface area (Å²) in [5.74, 6) is 0.221.